The molecule has 24 heavy (non-hydrogen) atoms. The fourth-order valence-electron chi connectivity index (χ4n) is 3.53. The van der Waals surface area contributed by atoms with Crippen LogP contribution in [0.3, 0.4) is 0 Å². The Hall–Kier alpha value is -1.39. The Morgan fingerprint density at radius 3 is 2.00 bits per heavy atom. The van der Waals surface area contributed by atoms with Crippen molar-refractivity contribution in [2.75, 3.05) is 13.1 Å². The lowest BCUT2D eigenvalue weighted by Crippen LogP contribution is -2.45. The predicted molar refractivity (Wildman–Crippen MR) is 103 cm³/mol. The summed E-state index contributed by atoms with van der Waals surface area (Å²) in [4.78, 5) is 2.52. The van der Waals surface area contributed by atoms with Gasteiger partial charge in [-0.05, 0) is 43.0 Å². The van der Waals surface area contributed by atoms with Crippen LogP contribution in [-0.2, 0) is 6.54 Å². The number of benzene rings is 2. The quantitative estimate of drug-likeness (QED) is 0.873. The van der Waals surface area contributed by atoms with Crippen molar-refractivity contribution in [1.29, 1.82) is 0 Å². The zero-order chi connectivity index (χ0) is 16.1. The van der Waals surface area contributed by atoms with Crippen LogP contribution in [0, 0.1) is 5.92 Å². The van der Waals surface area contributed by atoms with E-state index in [9.17, 15) is 0 Å². The Balaban J connectivity index is 0.00000208. The first-order chi connectivity index (χ1) is 11.2. The van der Waals surface area contributed by atoms with E-state index in [2.05, 4.69) is 47.4 Å². The zero-order valence-electron chi connectivity index (χ0n) is 14.1. The molecule has 2 aromatic rings. The van der Waals surface area contributed by atoms with Crippen molar-refractivity contribution in [1.82, 2.24) is 4.90 Å². The van der Waals surface area contributed by atoms with Crippen LogP contribution in [0.5, 0.6) is 0 Å². The van der Waals surface area contributed by atoms with Crippen LogP contribution in [0.2, 0.25) is 0 Å². The number of halogens is 1. The average Bonchev–Trinajstić information content (AvgIpc) is 2.63. The van der Waals surface area contributed by atoms with Gasteiger partial charge in [0.25, 0.3) is 0 Å². The Labute approximate surface area is 151 Å². The summed E-state index contributed by atoms with van der Waals surface area (Å²) in [6, 6.07) is 20.9. The van der Waals surface area contributed by atoms with E-state index in [1.807, 2.05) is 18.2 Å². The SMILES string of the molecule is Cl.NC(c1ccccc1)C(N)C1CCN(Cc2ccccc2)CC1. The fourth-order valence-corrected chi connectivity index (χ4v) is 3.53. The van der Waals surface area contributed by atoms with Crippen LogP contribution in [0.4, 0.5) is 0 Å². The molecule has 0 radical (unpaired) electrons. The van der Waals surface area contributed by atoms with E-state index >= 15 is 0 Å². The summed E-state index contributed by atoms with van der Waals surface area (Å²) in [5, 5.41) is 0. The third-order valence-corrected chi connectivity index (χ3v) is 5.02. The molecule has 0 saturated carbocycles. The van der Waals surface area contributed by atoms with Gasteiger partial charge >= 0.3 is 0 Å². The van der Waals surface area contributed by atoms with Crippen LogP contribution in [0.1, 0.15) is 30.0 Å². The number of nitrogens with two attached hydrogens (primary N) is 2. The number of rotatable bonds is 5. The van der Waals surface area contributed by atoms with Crippen molar-refractivity contribution in [3.63, 3.8) is 0 Å². The molecule has 1 aliphatic heterocycles. The number of hydrogen-bond donors (Lipinski definition) is 2. The van der Waals surface area contributed by atoms with Gasteiger partial charge in [-0.1, -0.05) is 60.7 Å². The van der Waals surface area contributed by atoms with Gasteiger partial charge in [0.2, 0.25) is 0 Å². The van der Waals surface area contributed by atoms with E-state index in [-0.39, 0.29) is 24.5 Å². The molecule has 2 aromatic carbocycles. The molecule has 0 aromatic heterocycles. The highest BCUT2D eigenvalue weighted by molar-refractivity contribution is 5.85. The lowest BCUT2D eigenvalue weighted by Gasteiger charge is -2.36. The second kappa shape index (κ2) is 9.19. The minimum Gasteiger partial charge on any atom is -0.326 e. The van der Waals surface area contributed by atoms with Gasteiger partial charge in [-0.3, -0.25) is 4.90 Å². The van der Waals surface area contributed by atoms with E-state index < -0.39 is 0 Å². The Bertz CT molecular complexity index is 582. The molecule has 0 bridgehead atoms. The second-order valence-corrected chi connectivity index (χ2v) is 6.61. The Morgan fingerprint density at radius 2 is 1.42 bits per heavy atom. The molecular formula is C20H28ClN3. The van der Waals surface area contributed by atoms with Gasteiger partial charge in [-0.15, -0.1) is 12.4 Å². The van der Waals surface area contributed by atoms with Crippen molar-refractivity contribution >= 4 is 12.4 Å². The van der Waals surface area contributed by atoms with Crippen molar-refractivity contribution in [3.05, 3.63) is 71.8 Å². The van der Waals surface area contributed by atoms with E-state index in [1.165, 1.54) is 5.56 Å². The van der Waals surface area contributed by atoms with E-state index in [0.717, 1.165) is 38.0 Å². The molecule has 2 unspecified atom stereocenters. The van der Waals surface area contributed by atoms with Crippen molar-refractivity contribution in [2.45, 2.75) is 31.5 Å². The lowest BCUT2D eigenvalue weighted by molar-refractivity contribution is 0.155. The largest absolute Gasteiger partial charge is 0.326 e. The molecular weight excluding hydrogens is 318 g/mol. The summed E-state index contributed by atoms with van der Waals surface area (Å²) in [5.74, 6) is 0.511. The molecule has 1 aliphatic rings. The van der Waals surface area contributed by atoms with Gasteiger partial charge in [0.05, 0.1) is 0 Å². The standard InChI is InChI=1S/C20H27N3.ClH/c21-19(17-9-5-2-6-10-17)20(22)18-11-13-23(14-12-18)15-16-7-3-1-4-8-16;/h1-10,18-20H,11-15,21-22H2;1H. The fraction of sp³-hybridized carbons (Fsp3) is 0.400. The van der Waals surface area contributed by atoms with E-state index in [4.69, 9.17) is 11.5 Å². The monoisotopic (exact) mass is 345 g/mol. The summed E-state index contributed by atoms with van der Waals surface area (Å²) in [6.07, 6.45) is 2.27. The molecule has 2 atom stereocenters. The normalized spacial score (nSPS) is 18.6. The van der Waals surface area contributed by atoms with Crippen LogP contribution in [0.15, 0.2) is 60.7 Å². The highest BCUT2D eigenvalue weighted by Crippen LogP contribution is 2.27. The van der Waals surface area contributed by atoms with Crippen molar-refractivity contribution in [2.24, 2.45) is 17.4 Å². The molecule has 3 nitrogen and oxygen atoms in total. The van der Waals surface area contributed by atoms with Gasteiger partial charge in [0.15, 0.2) is 0 Å². The summed E-state index contributed by atoms with van der Waals surface area (Å²) in [5.41, 5.74) is 15.4. The minimum atomic E-state index is -0.0677. The van der Waals surface area contributed by atoms with Crippen LogP contribution in [0.25, 0.3) is 0 Å². The summed E-state index contributed by atoms with van der Waals surface area (Å²) >= 11 is 0. The number of likely N-dealkylation sites (tertiary alicyclic amines) is 1. The van der Waals surface area contributed by atoms with Crippen LogP contribution < -0.4 is 11.5 Å². The third-order valence-electron chi connectivity index (χ3n) is 5.02. The first-order valence-electron chi connectivity index (χ1n) is 8.56. The second-order valence-electron chi connectivity index (χ2n) is 6.61. The highest BCUT2D eigenvalue weighted by atomic mass is 35.5. The van der Waals surface area contributed by atoms with Crippen molar-refractivity contribution < 1.29 is 0 Å². The molecule has 0 spiro atoms. The molecule has 1 fully saturated rings. The molecule has 1 saturated heterocycles. The van der Waals surface area contributed by atoms with Crippen LogP contribution in [-0.4, -0.2) is 24.0 Å². The highest BCUT2D eigenvalue weighted by Gasteiger charge is 2.28. The third kappa shape index (κ3) is 4.81. The molecule has 130 valence electrons. The first kappa shape index (κ1) is 18.9. The minimum absolute atomic E-state index is 0. The predicted octanol–water partition coefficient (Wildman–Crippen LogP) is 3.35. The van der Waals surface area contributed by atoms with Gasteiger partial charge < -0.3 is 11.5 Å². The summed E-state index contributed by atoms with van der Waals surface area (Å²) < 4.78 is 0. The molecule has 3 rings (SSSR count). The topological polar surface area (TPSA) is 55.3 Å². The maximum Gasteiger partial charge on any atom is 0.0451 e. The average molecular weight is 346 g/mol. The zero-order valence-corrected chi connectivity index (χ0v) is 14.9. The Kier molecular flexibility index (Phi) is 7.25. The molecule has 0 aliphatic carbocycles. The summed E-state index contributed by atoms with van der Waals surface area (Å²) in [6.45, 7) is 3.25. The molecule has 1 heterocycles. The van der Waals surface area contributed by atoms with Gasteiger partial charge in [0.1, 0.15) is 0 Å². The number of piperidine rings is 1. The molecule has 4 N–H and O–H groups in total. The number of nitrogens with zero attached hydrogens (tertiary/aromatic N) is 1. The maximum atomic E-state index is 6.48. The molecule has 4 heteroatoms. The van der Waals surface area contributed by atoms with Gasteiger partial charge in [-0.25, -0.2) is 0 Å². The van der Waals surface area contributed by atoms with Crippen LogP contribution >= 0.6 is 12.4 Å². The van der Waals surface area contributed by atoms with Gasteiger partial charge in [0, 0.05) is 18.6 Å². The first-order valence-corrected chi connectivity index (χ1v) is 8.56. The maximum absolute atomic E-state index is 6.48. The van der Waals surface area contributed by atoms with Gasteiger partial charge in [-0.2, -0.15) is 0 Å². The molecule has 0 amide bonds. The van der Waals surface area contributed by atoms with Crippen molar-refractivity contribution in [3.8, 4) is 0 Å². The summed E-state index contributed by atoms with van der Waals surface area (Å²) in [7, 11) is 0. The smallest absolute Gasteiger partial charge is 0.0451 e. The lowest BCUT2D eigenvalue weighted by atomic mass is 9.84. The number of hydrogen-bond acceptors (Lipinski definition) is 3. The Morgan fingerprint density at radius 1 is 0.875 bits per heavy atom. The van der Waals surface area contributed by atoms with E-state index in [1.54, 1.807) is 0 Å². The van der Waals surface area contributed by atoms with E-state index in [0.29, 0.717) is 5.92 Å².